The largest absolute Gasteiger partial charge is 0.338 e. The number of halogens is 2. The standard InChI is InChI=1S/C12H13BrFNO/c1-7-5-15(6-7)12(16)9-3-8(2)10(13)4-11(9)14/h3-4,7H,5-6H2,1-2H3. The van der Waals surface area contributed by atoms with Gasteiger partial charge in [-0.2, -0.15) is 0 Å². The van der Waals surface area contributed by atoms with Crippen LogP contribution in [-0.4, -0.2) is 23.9 Å². The molecule has 0 unspecified atom stereocenters. The van der Waals surface area contributed by atoms with E-state index in [2.05, 4.69) is 22.9 Å². The van der Waals surface area contributed by atoms with E-state index in [0.717, 1.165) is 18.7 Å². The molecule has 1 aliphatic rings. The van der Waals surface area contributed by atoms with E-state index >= 15 is 0 Å². The Hall–Kier alpha value is -0.900. The predicted octanol–water partition coefficient (Wildman–Crippen LogP) is 2.99. The first kappa shape index (κ1) is 11.6. The lowest BCUT2D eigenvalue weighted by molar-refractivity contribution is 0.0525. The summed E-state index contributed by atoms with van der Waals surface area (Å²) in [6.07, 6.45) is 0. The van der Waals surface area contributed by atoms with Gasteiger partial charge in [0.05, 0.1) is 5.56 Å². The first-order valence-corrected chi connectivity index (χ1v) is 6.03. The van der Waals surface area contributed by atoms with Crippen LogP contribution in [-0.2, 0) is 0 Å². The summed E-state index contributed by atoms with van der Waals surface area (Å²) >= 11 is 3.24. The summed E-state index contributed by atoms with van der Waals surface area (Å²) in [7, 11) is 0. The Morgan fingerprint density at radius 3 is 2.69 bits per heavy atom. The third kappa shape index (κ3) is 1.98. The van der Waals surface area contributed by atoms with Crippen LogP contribution in [0.4, 0.5) is 4.39 Å². The Bertz CT molecular complexity index is 441. The molecular formula is C12H13BrFNO. The van der Waals surface area contributed by atoms with Crippen molar-refractivity contribution >= 4 is 21.8 Å². The highest BCUT2D eigenvalue weighted by atomic mass is 79.9. The van der Waals surface area contributed by atoms with Gasteiger partial charge in [-0.25, -0.2) is 4.39 Å². The van der Waals surface area contributed by atoms with E-state index in [-0.39, 0.29) is 11.5 Å². The van der Waals surface area contributed by atoms with Crippen LogP contribution in [0, 0.1) is 18.7 Å². The van der Waals surface area contributed by atoms with Crippen molar-refractivity contribution in [3.63, 3.8) is 0 Å². The van der Waals surface area contributed by atoms with Crippen molar-refractivity contribution in [3.8, 4) is 0 Å². The molecule has 0 spiro atoms. The number of amides is 1. The van der Waals surface area contributed by atoms with Crippen molar-refractivity contribution in [2.45, 2.75) is 13.8 Å². The van der Waals surface area contributed by atoms with Gasteiger partial charge in [-0.1, -0.05) is 22.9 Å². The Labute approximate surface area is 103 Å². The molecule has 1 amide bonds. The second-order valence-corrected chi connectivity index (χ2v) is 5.25. The molecule has 86 valence electrons. The van der Waals surface area contributed by atoms with E-state index in [1.165, 1.54) is 6.07 Å². The van der Waals surface area contributed by atoms with Crippen LogP contribution in [0.15, 0.2) is 16.6 Å². The van der Waals surface area contributed by atoms with E-state index in [1.54, 1.807) is 11.0 Å². The monoisotopic (exact) mass is 285 g/mol. The molecule has 0 N–H and O–H groups in total. The van der Waals surface area contributed by atoms with Gasteiger partial charge in [0.15, 0.2) is 0 Å². The zero-order valence-corrected chi connectivity index (χ0v) is 10.8. The Morgan fingerprint density at radius 1 is 1.50 bits per heavy atom. The average Bonchev–Trinajstić information content (AvgIpc) is 2.18. The highest BCUT2D eigenvalue weighted by Crippen LogP contribution is 2.24. The SMILES string of the molecule is Cc1cc(C(=O)N2CC(C)C2)c(F)cc1Br. The summed E-state index contributed by atoms with van der Waals surface area (Å²) in [6.45, 7) is 5.38. The van der Waals surface area contributed by atoms with Crippen molar-refractivity contribution in [2.24, 2.45) is 5.92 Å². The van der Waals surface area contributed by atoms with Crippen LogP contribution < -0.4 is 0 Å². The van der Waals surface area contributed by atoms with E-state index in [9.17, 15) is 9.18 Å². The van der Waals surface area contributed by atoms with Crippen molar-refractivity contribution in [1.82, 2.24) is 4.90 Å². The zero-order valence-electron chi connectivity index (χ0n) is 9.26. The van der Waals surface area contributed by atoms with E-state index in [0.29, 0.717) is 10.4 Å². The molecule has 0 saturated carbocycles. The Balaban J connectivity index is 2.27. The number of nitrogens with zero attached hydrogens (tertiary/aromatic N) is 1. The number of carbonyl (C=O) groups is 1. The average molecular weight is 286 g/mol. The number of hydrogen-bond donors (Lipinski definition) is 0. The van der Waals surface area contributed by atoms with Crippen LogP contribution in [0.5, 0.6) is 0 Å². The molecule has 4 heteroatoms. The molecule has 0 aliphatic carbocycles. The van der Waals surface area contributed by atoms with Gasteiger partial charge in [-0.3, -0.25) is 4.79 Å². The fraction of sp³-hybridized carbons (Fsp3) is 0.417. The minimum Gasteiger partial charge on any atom is -0.338 e. The quantitative estimate of drug-likeness (QED) is 0.777. The van der Waals surface area contributed by atoms with E-state index in [4.69, 9.17) is 0 Å². The van der Waals surface area contributed by atoms with E-state index < -0.39 is 5.82 Å². The minimum atomic E-state index is -0.456. The summed E-state index contributed by atoms with van der Waals surface area (Å²) in [6, 6.07) is 2.95. The van der Waals surface area contributed by atoms with Crippen LogP contribution in [0.2, 0.25) is 0 Å². The first-order chi connectivity index (χ1) is 7.49. The summed E-state index contributed by atoms with van der Waals surface area (Å²) in [5.74, 6) is -0.128. The zero-order chi connectivity index (χ0) is 11.9. The van der Waals surface area contributed by atoms with Gasteiger partial charge < -0.3 is 4.90 Å². The molecule has 1 saturated heterocycles. The lowest BCUT2D eigenvalue weighted by Gasteiger charge is -2.37. The van der Waals surface area contributed by atoms with Crippen molar-refractivity contribution in [1.29, 1.82) is 0 Å². The number of likely N-dealkylation sites (tertiary alicyclic amines) is 1. The second-order valence-electron chi connectivity index (χ2n) is 4.40. The maximum Gasteiger partial charge on any atom is 0.256 e. The molecule has 0 bridgehead atoms. The lowest BCUT2D eigenvalue weighted by atomic mass is 10.0. The van der Waals surface area contributed by atoms with E-state index in [1.807, 2.05) is 6.92 Å². The fourth-order valence-corrected chi connectivity index (χ4v) is 2.17. The summed E-state index contributed by atoms with van der Waals surface area (Å²) in [4.78, 5) is 13.6. The molecule has 0 atom stereocenters. The summed E-state index contributed by atoms with van der Waals surface area (Å²) < 4.78 is 14.3. The molecule has 1 aliphatic heterocycles. The molecule has 0 radical (unpaired) electrons. The summed E-state index contributed by atoms with van der Waals surface area (Å²) in [5, 5.41) is 0. The van der Waals surface area contributed by atoms with Crippen LogP contribution in [0.1, 0.15) is 22.8 Å². The predicted molar refractivity (Wildman–Crippen MR) is 63.9 cm³/mol. The number of rotatable bonds is 1. The number of benzene rings is 1. The topological polar surface area (TPSA) is 20.3 Å². The molecular weight excluding hydrogens is 273 g/mol. The second kappa shape index (κ2) is 4.17. The molecule has 2 rings (SSSR count). The number of hydrogen-bond acceptors (Lipinski definition) is 1. The third-order valence-electron chi connectivity index (χ3n) is 2.83. The first-order valence-electron chi connectivity index (χ1n) is 5.24. The van der Waals surface area contributed by atoms with Crippen LogP contribution >= 0.6 is 15.9 Å². The number of aryl methyl sites for hydroxylation is 1. The van der Waals surface area contributed by atoms with Crippen molar-refractivity contribution < 1.29 is 9.18 Å². The molecule has 16 heavy (non-hydrogen) atoms. The fourth-order valence-electron chi connectivity index (χ4n) is 1.86. The molecule has 1 fully saturated rings. The van der Waals surface area contributed by atoms with Gasteiger partial charge >= 0.3 is 0 Å². The van der Waals surface area contributed by atoms with Crippen molar-refractivity contribution in [3.05, 3.63) is 33.5 Å². The van der Waals surface area contributed by atoms with Gasteiger partial charge in [0.25, 0.3) is 5.91 Å². The third-order valence-corrected chi connectivity index (χ3v) is 3.68. The normalized spacial score (nSPS) is 16.1. The Morgan fingerprint density at radius 2 is 2.12 bits per heavy atom. The van der Waals surface area contributed by atoms with Gasteiger partial charge in [-0.15, -0.1) is 0 Å². The molecule has 1 heterocycles. The molecule has 1 aromatic carbocycles. The maximum atomic E-state index is 13.6. The van der Waals surface area contributed by atoms with Gasteiger partial charge in [0.1, 0.15) is 5.82 Å². The molecule has 2 nitrogen and oxygen atoms in total. The molecule has 1 aromatic rings. The minimum absolute atomic E-state index is 0.174. The number of carbonyl (C=O) groups excluding carboxylic acids is 1. The van der Waals surface area contributed by atoms with Gasteiger partial charge in [-0.05, 0) is 30.5 Å². The van der Waals surface area contributed by atoms with Crippen molar-refractivity contribution in [2.75, 3.05) is 13.1 Å². The highest BCUT2D eigenvalue weighted by molar-refractivity contribution is 9.10. The smallest absolute Gasteiger partial charge is 0.256 e. The maximum absolute atomic E-state index is 13.6. The van der Waals surface area contributed by atoms with Crippen LogP contribution in [0.25, 0.3) is 0 Å². The van der Waals surface area contributed by atoms with Gasteiger partial charge in [0, 0.05) is 17.6 Å². The lowest BCUT2D eigenvalue weighted by Crippen LogP contribution is -2.48. The Kier molecular flexibility index (Phi) is 3.02. The van der Waals surface area contributed by atoms with Crippen LogP contribution in [0.3, 0.4) is 0 Å². The highest BCUT2D eigenvalue weighted by Gasteiger charge is 2.29. The molecule has 0 aromatic heterocycles. The van der Waals surface area contributed by atoms with Gasteiger partial charge in [0.2, 0.25) is 0 Å². The summed E-state index contributed by atoms with van der Waals surface area (Å²) in [5.41, 5.74) is 1.05.